The standard InChI is InChI=1S/C34H60O3Si2/c1-11-16-27-34(26-12-2)29(23-25-32(34)37-39(13-3,14-4)15-5)22-24-31(36-38(9,10)33(6,7)8)28-35-30-20-18-17-19-21-30/h12,17-21,23,31-32H,2,11,13-16,22,24-28H2,1,3-10H3/t31?,32-,34-/m0/s1. The topological polar surface area (TPSA) is 27.7 Å². The van der Waals surface area contributed by atoms with Crippen LogP contribution in [0.4, 0.5) is 0 Å². The fourth-order valence-corrected chi connectivity index (χ4v) is 10.2. The molecule has 1 unspecified atom stereocenters. The van der Waals surface area contributed by atoms with Crippen LogP contribution in [0.5, 0.6) is 5.75 Å². The molecule has 0 fully saturated rings. The average Bonchev–Trinajstić information content (AvgIpc) is 3.23. The third kappa shape index (κ3) is 8.92. The molecule has 3 nitrogen and oxygen atoms in total. The minimum atomic E-state index is -1.95. The van der Waals surface area contributed by atoms with Crippen molar-refractivity contribution in [1.29, 1.82) is 0 Å². The van der Waals surface area contributed by atoms with Gasteiger partial charge in [0.25, 0.3) is 0 Å². The summed E-state index contributed by atoms with van der Waals surface area (Å²) in [6, 6.07) is 13.8. The van der Waals surface area contributed by atoms with E-state index in [1.54, 1.807) is 5.57 Å². The number of para-hydroxylation sites is 1. The Kier molecular flexibility index (Phi) is 13.3. The van der Waals surface area contributed by atoms with Crippen molar-refractivity contribution in [3.63, 3.8) is 0 Å². The molecule has 0 heterocycles. The fraction of sp³-hybridized carbons (Fsp3) is 0.706. The van der Waals surface area contributed by atoms with E-state index in [1.165, 1.54) is 37.4 Å². The summed E-state index contributed by atoms with van der Waals surface area (Å²) in [5, 5.41) is 0.158. The molecule has 0 saturated carbocycles. The van der Waals surface area contributed by atoms with Gasteiger partial charge in [-0.25, -0.2) is 0 Å². The van der Waals surface area contributed by atoms with E-state index < -0.39 is 16.6 Å². The quantitative estimate of drug-likeness (QED) is 0.129. The molecule has 1 aromatic carbocycles. The van der Waals surface area contributed by atoms with Gasteiger partial charge in [0.2, 0.25) is 0 Å². The predicted octanol–water partition coefficient (Wildman–Crippen LogP) is 10.7. The smallest absolute Gasteiger partial charge is 0.192 e. The van der Waals surface area contributed by atoms with Gasteiger partial charge in [0.05, 0.1) is 12.2 Å². The van der Waals surface area contributed by atoms with Crippen LogP contribution in [-0.2, 0) is 8.85 Å². The second-order valence-corrected chi connectivity index (χ2v) is 22.7. The summed E-state index contributed by atoms with van der Waals surface area (Å²) in [4.78, 5) is 0. The lowest BCUT2D eigenvalue weighted by Gasteiger charge is -2.44. The summed E-state index contributed by atoms with van der Waals surface area (Å²) < 4.78 is 20.5. The molecule has 3 atom stereocenters. The molecular weight excluding hydrogens is 513 g/mol. The number of hydrogen-bond acceptors (Lipinski definition) is 3. The lowest BCUT2D eigenvalue weighted by Crippen LogP contribution is -2.46. The van der Waals surface area contributed by atoms with E-state index in [4.69, 9.17) is 13.6 Å². The molecule has 39 heavy (non-hydrogen) atoms. The second-order valence-electron chi connectivity index (χ2n) is 13.2. The number of benzene rings is 1. The normalized spacial score (nSPS) is 21.1. The summed E-state index contributed by atoms with van der Waals surface area (Å²) in [5.41, 5.74) is 1.65. The van der Waals surface area contributed by atoms with Gasteiger partial charge in [-0.1, -0.05) is 97.2 Å². The Labute approximate surface area is 244 Å². The molecule has 1 aliphatic rings. The third-order valence-electron chi connectivity index (χ3n) is 9.83. The molecule has 0 amide bonds. The minimum absolute atomic E-state index is 0.0648. The molecule has 0 aromatic heterocycles. The summed E-state index contributed by atoms with van der Waals surface area (Å²) in [5.74, 6) is 0.916. The van der Waals surface area contributed by atoms with Gasteiger partial charge in [0.15, 0.2) is 16.6 Å². The molecule has 1 aliphatic carbocycles. The molecule has 1 aromatic rings. The van der Waals surface area contributed by atoms with Crippen LogP contribution in [0.3, 0.4) is 0 Å². The summed E-state index contributed by atoms with van der Waals surface area (Å²) in [6.45, 7) is 25.8. The van der Waals surface area contributed by atoms with Crippen LogP contribution in [0.1, 0.15) is 93.4 Å². The maximum absolute atomic E-state index is 7.27. The highest BCUT2D eigenvalue weighted by atomic mass is 28.4. The van der Waals surface area contributed by atoms with Gasteiger partial charge in [-0.3, -0.25) is 0 Å². The van der Waals surface area contributed by atoms with E-state index in [1.807, 2.05) is 30.3 Å². The van der Waals surface area contributed by atoms with Gasteiger partial charge in [0, 0.05) is 5.41 Å². The number of hydrogen-bond donors (Lipinski definition) is 0. The zero-order valence-corrected chi connectivity index (χ0v) is 28.9. The first-order chi connectivity index (χ1) is 18.4. The predicted molar refractivity (Wildman–Crippen MR) is 175 cm³/mol. The molecule has 0 spiro atoms. The molecule has 0 bridgehead atoms. The first-order valence-corrected chi connectivity index (χ1v) is 21.2. The Hall–Kier alpha value is -1.15. The summed E-state index contributed by atoms with van der Waals surface area (Å²) >= 11 is 0. The maximum atomic E-state index is 7.27. The van der Waals surface area contributed by atoms with Gasteiger partial charge < -0.3 is 13.6 Å². The van der Waals surface area contributed by atoms with Crippen LogP contribution in [-0.4, -0.2) is 35.4 Å². The number of ether oxygens (including phenoxy) is 1. The van der Waals surface area contributed by atoms with E-state index in [2.05, 4.69) is 80.3 Å². The van der Waals surface area contributed by atoms with Crippen LogP contribution in [0, 0.1) is 5.41 Å². The van der Waals surface area contributed by atoms with E-state index >= 15 is 0 Å². The van der Waals surface area contributed by atoms with Crippen molar-refractivity contribution in [2.24, 2.45) is 5.41 Å². The first-order valence-electron chi connectivity index (χ1n) is 15.8. The maximum Gasteiger partial charge on any atom is 0.192 e. The van der Waals surface area contributed by atoms with E-state index in [0.29, 0.717) is 6.61 Å². The van der Waals surface area contributed by atoms with Crippen LogP contribution in [0.25, 0.3) is 0 Å². The third-order valence-corrected chi connectivity index (χ3v) is 19.0. The zero-order chi connectivity index (χ0) is 29.2. The van der Waals surface area contributed by atoms with Crippen molar-refractivity contribution in [2.45, 2.75) is 142 Å². The van der Waals surface area contributed by atoms with E-state index in [0.717, 1.165) is 31.4 Å². The Morgan fingerprint density at radius 3 is 2.23 bits per heavy atom. The van der Waals surface area contributed by atoms with Crippen molar-refractivity contribution < 1.29 is 13.6 Å². The van der Waals surface area contributed by atoms with E-state index in [9.17, 15) is 0 Å². The largest absolute Gasteiger partial charge is 0.491 e. The highest BCUT2D eigenvalue weighted by molar-refractivity contribution is 6.74. The molecule has 5 heteroatoms. The van der Waals surface area contributed by atoms with Crippen LogP contribution in [0.2, 0.25) is 36.3 Å². The molecule has 2 rings (SSSR count). The van der Waals surface area contributed by atoms with Crippen LogP contribution < -0.4 is 4.74 Å². The molecule has 0 aliphatic heterocycles. The molecule has 0 saturated heterocycles. The van der Waals surface area contributed by atoms with Crippen molar-refractivity contribution >= 4 is 16.6 Å². The van der Waals surface area contributed by atoms with Gasteiger partial charge in [-0.2, -0.15) is 0 Å². The van der Waals surface area contributed by atoms with Gasteiger partial charge >= 0.3 is 0 Å². The monoisotopic (exact) mass is 572 g/mol. The first kappa shape index (κ1) is 34.1. The van der Waals surface area contributed by atoms with Crippen molar-refractivity contribution in [3.05, 3.63) is 54.6 Å². The summed E-state index contributed by atoms with van der Waals surface area (Å²) in [6.07, 6.45) is 12.7. The second kappa shape index (κ2) is 15.2. The molecular formula is C34H60O3Si2. The summed E-state index contributed by atoms with van der Waals surface area (Å²) in [7, 11) is -3.67. The Bertz CT molecular complexity index is 877. The molecule has 222 valence electrons. The highest BCUT2D eigenvalue weighted by Crippen LogP contribution is 2.51. The molecule has 0 radical (unpaired) electrons. The molecule has 0 N–H and O–H groups in total. The van der Waals surface area contributed by atoms with Crippen molar-refractivity contribution in [3.8, 4) is 5.75 Å². The Morgan fingerprint density at radius 2 is 1.69 bits per heavy atom. The minimum Gasteiger partial charge on any atom is -0.491 e. The van der Waals surface area contributed by atoms with Crippen LogP contribution >= 0.6 is 0 Å². The Balaban J connectivity index is 2.30. The van der Waals surface area contributed by atoms with Crippen LogP contribution in [0.15, 0.2) is 54.6 Å². The number of allylic oxidation sites excluding steroid dienone is 1. The number of unbranched alkanes of at least 4 members (excludes halogenated alkanes) is 1. The fourth-order valence-electron chi connectivity index (χ4n) is 5.93. The number of rotatable bonds is 18. The lowest BCUT2D eigenvalue weighted by atomic mass is 9.71. The van der Waals surface area contributed by atoms with Gasteiger partial charge in [-0.15, -0.1) is 6.58 Å². The van der Waals surface area contributed by atoms with Crippen molar-refractivity contribution in [2.75, 3.05) is 6.61 Å². The zero-order valence-electron chi connectivity index (χ0n) is 26.9. The van der Waals surface area contributed by atoms with Crippen molar-refractivity contribution in [1.82, 2.24) is 0 Å². The SMILES string of the molecule is C=CC[C@]1(CCCC)C(CCC(COc2ccccc2)O[Si](C)(C)C(C)(C)C)=CC[C@@H]1O[Si](CC)(CC)CC. The average molecular weight is 573 g/mol. The van der Waals surface area contributed by atoms with E-state index in [-0.39, 0.29) is 22.7 Å². The Morgan fingerprint density at radius 1 is 1.05 bits per heavy atom. The van der Waals surface area contributed by atoms with Gasteiger partial charge in [0.1, 0.15) is 12.4 Å². The highest BCUT2D eigenvalue weighted by Gasteiger charge is 2.48. The van der Waals surface area contributed by atoms with Gasteiger partial charge in [-0.05, 0) is 80.5 Å². The lowest BCUT2D eigenvalue weighted by molar-refractivity contribution is 0.0656.